The lowest BCUT2D eigenvalue weighted by Crippen LogP contribution is -2.33. The summed E-state index contributed by atoms with van der Waals surface area (Å²) in [6.45, 7) is 3.02. The molecule has 17 heavy (non-hydrogen) atoms. The predicted molar refractivity (Wildman–Crippen MR) is 66.7 cm³/mol. The summed E-state index contributed by atoms with van der Waals surface area (Å²) < 4.78 is 0. The summed E-state index contributed by atoms with van der Waals surface area (Å²) >= 11 is 5.78. The summed E-state index contributed by atoms with van der Waals surface area (Å²) in [5.41, 5.74) is 0.471. The van der Waals surface area contributed by atoms with Crippen LogP contribution < -0.4 is 5.32 Å². The lowest BCUT2D eigenvalue weighted by molar-refractivity contribution is 0.0697. The van der Waals surface area contributed by atoms with Gasteiger partial charge in [0.1, 0.15) is 11.0 Å². The van der Waals surface area contributed by atoms with E-state index < -0.39 is 5.97 Å². The Kier molecular flexibility index (Phi) is 3.24. The van der Waals surface area contributed by atoms with Crippen molar-refractivity contribution in [2.75, 3.05) is 11.9 Å². The maximum absolute atomic E-state index is 10.9. The fourth-order valence-corrected chi connectivity index (χ4v) is 2.18. The fraction of sp³-hybridized carbons (Fsp3) is 0.500. The molecule has 2 N–H and O–H groups in total. The number of nitrogens with one attached hydrogen (secondary N) is 1. The second kappa shape index (κ2) is 4.53. The van der Waals surface area contributed by atoms with Gasteiger partial charge in [0, 0.05) is 6.54 Å². The van der Waals surface area contributed by atoms with Crippen LogP contribution in [0.4, 0.5) is 5.82 Å². The van der Waals surface area contributed by atoms with Crippen molar-refractivity contribution in [3.8, 4) is 0 Å². The first kappa shape index (κ1) is 12.2. The first-order chi connectivity index (χ1) is 7.98. The zero-order chi connectivity index (χ0) is 12.5. The van der Waals surface area contributed by atoms with Crippen molar-refractivity contribution in [1.29, 1.82) is 0 Å². The molecule has 0 saturated heterocycles. The molecule has 0 atom stereocenters. The number of pyridine rings is 1. The molecule has 1 saturated carbocycles. The molecule has 1 heterocycles. The monoisotopic (exact) mass is 254 g/mol. The van der Waals surface area contributed by atoms with Gasteiger partial charge in [0.05, 0.1) is 5.56 Å². The highest BCUT2D eigenvalue weighted by molar-refractivity contribution is 6.29. The van der Waals surface area contributed by atoms with Gasteiger partial charge in [-0.1, -0.05) is 24.9 Å². The molecule has 1 fully saturated rings. The van der Waals surface area contributed by atoms with Gasteiger partial charge in [-0.05, 0) is 30.4 Å². The van der Waals surface area contributed by atoms with Crippen molar-refractivity contribution in [3.63, 3.8) is 0 Å². The third-order valence-electron chi connectivity index (χ3n) is 3.30. The van der Waals surface area contributed by atoms with Crippen LogP contribution in [0, 0.1) is 5.41 Å². The van der Waals surface area contributed by atoms with Crippen molar-refractivity contribution in [1.82, 2.24) is 4.98 Å². The summed E-state index contributed by atoms with van der Waals surface area (Å²) in [5, 5.41) is 12.3. The molecule has 0 aliphatic heterocycles. The number of nitrogens with zero attached hydrogens (tertiary/aromatic N) is 1. The average Bonchev–Trinajstić information content (AvgIpc) is 2.23. The zero-order valence-corrected chi connectivity index (χ0v) is 10.4. The zero-order valence-electron chi connectivity index (χ0n) is 9.66. The van der Waals surface area contributed by atoms with Gasteiger partial charge in [0.25, 0.3) is 0 Å². The number of aromatic carboxylic acids is 1. The number of aromatic nitrogens is 1. The van der Waals surface area contributed by atoms with Crippen molar-refractivity contribution in [3.05, 3.63) is 22.8 Å². The fourth-order valence-electron chi connectivity index (χ4n) is 1.97. The molecule has 5 heteroatoms. The third kappa shape index (κ3) is 2.88. The van der Waals surface area contributed by atoms with E-state index >= 15 is 0 Å². The Morgan fingerprint density at radius 2 is 2.29 bits per heavy atom. The number of halogens is 1. The number of carboxylic acids is 1. The minimum atomic E-state index is -0.993. The van der Waals surface area contributed by atoms with Crippen LogP contribution in [0.25, 0.3) is 0 Å². The Balaban J connectivity index is 2.07. The SMILES string of the molecule is CC1(CNc2cc(C(=O)O)cc(Cl)n2)CCC1. The minimum absolute atomic E-state index is 0.159. The van der Waals surface area contributed by atoms with Crippen LogP contribution in [0.1, 0.15) is 36.5 Å². The number of rotatable bonds is 4. The van der Waals surface area contributed by atoms with Gasteiger partial charge in [-0.15, -0.1) is 0 Å². The molecule has 0 unspecified atom stereocenters. The van der Waals surface area contributed by atoms with Gasteiger partial charge >= 0.3 is 5.97 Å². The summed E-state index contributed by atoms with van der Waals surface area (Å²) in [6, 6.07) is 2.86. The van der Waals surface area contributed by atoms with Gasteiger partial charge in [-0.3, -0.25) is 0 Å². The van der Waals surface area contributed by atoms with Crippen LogP contribution >= 0.6 is 11.6 Å². The Hall–Kier alpha value is -1.29. The average molecular weight is 255 g/mol. The molecule has 4 nitrogen and oxygen atoms in total. The Labute approximate surface area is 105 Å². The normalized spacial score (nSPS) is 17.3. The molecule has 0 amide bonds. The minimum Gasteiger partial charge on any atom is -0.478 e. The molecule has 1 aliphatic carbocycles. The highest BCUT2D eigenvalue weighted by atomic mass is 35.5. The number of anilines is 1. The molecule has 1 aromatic heterocycles. The van der Waals surface area contributed by atoms with E-state index in [1.54, 1.807) is 0 Å². The maximum Gasteiger partial charge on any atom is 0.335 e. The van der Waals surface area contributed by atoms with Gasteiger partial charge in [-0.2, -0.15) is 0 Å². The van der Waals surface area contributed by atoms with E-state index in [0.29, 0.717) is 11.2 Å². The van der Waals surface area contributed by atoms with Gasteiger partial charge < -0.3 is 10.4 Å². The maximum atomic E-state index is 10.9. The molecule has 0 aromatic carbocycles. The van der Waals surface area contributed by atoms with Gasteiger partial charge in [-0.25, -0.2) is 9.78 Å². The molecule has 0 radical (unpaired) electrons. The van der Waals surface area contributed by atoms with Gasteiger partial charge in [0.15, 0.2) is 0 Å². The molecule has 92 valence electrons. The number of carbonyl (C=O) groups is 1. The number of carboxylic acid groups (broad SMARTS) is 1. The molecular formula is C12H15ClN2O2. The number of hydrogen-bond acceptors (Lipinski definition) is 3. The standard InChI is InChI=1S/C12H15ClN2O2/c1-12(3-2-4-12)7-14-10-6-8(11(16)17)5-9(13)15-10/h5-6H,2-4,7H2,1H3,(H,14,15)(H,16,17). The Bertz CT molecular complexity index is 444. The molecule has 1 aliphatic rings. The molecule has 0 spiro atoms. The third-order valence-corrected chi connectivity index (χ3v) is 3.49. The first-order valence-corrected chi connectivity index (χ1v) is 6.01. The molecular weight excluding hydrogens is 240 g/mol. The van der Waals surface area contributed by atoms with E-state index in [4.69, 9.17) is 16.7 Å². The van der Waals surface area contributed by atoms with Crippen LogP contribution in [-0.2, 0) is 0 Å². The van der Waals surface area contributed by atoms with Gasteiger partial charge in [0.2, 0.25) is 0 Å². The summed E-state index contributed by atoms with van der Waals surface area (Å²) in [7, 11) is 0. The van der Waals surface area contributed by atoms with Crippen LogP contribution in [0.3, 0.4) is 0 Å². The van der Waals surface area contributed by atoms with Crippen LogP contribution in [0.5, 0.6) is 0 Å². The van der Waals surface area contributed by atoms with Crippen LogP contribution in [0.15, 0.2) is 12.1 Å². The highest BCUT2D eigenvalue weighted by Crippen LogP contribution is 2.40. The highest BCUT2D eigenvalue weighted by Gasteiger charge is 2.31. The van der Waals surface area contributed by atoms with E-state index in [-0.39, 0.29) is 10.7 Å². The van der Waals surface area contributed by atoms with Crippen molar-refractivity contribution in [2.45, 2.75) is 26.2 Å². The smallest absolute Gasteiger partial charge is 0.335 e. The van der Waals surface area contributed by atoms with Crippen molar-refractivity contribution < 1.29 is 9.90 Å². The van der Waals surface area contributed by atoms with E-state index in [2.05, 4.69) is 17.2 Å². The van der Waals surface area contributed by atoms with Crippen molar-refractivity contribution in [2.24, 2.45) is 5.41 Å². The summed E-state index contributed by atoms with van der Waals surface area (Å²) in [6.07, 6.45) is 3.67. The second-order valence-electron chi connectivity index (χ2n) is 4.89. The van der Waals surface area contributed by atoms with Crippen molar-refractivity contribution >= 4 is 23.4 Å². The van der Waals surface area contributed by atoms with E-state index in [1.165, 1.54) is 31.4 Å². The largest absolute Gasteiger partial charge is 0.478 e. The quantitative estimate of drug-likeness (QED) is 0.811. The van der Waals surface area contributed by atoms with Crippen LogP contribution in [0.2, 0.25) is 5.15 Å². The van der Waals surface area contributed by atoms with E-state index in [9.17, 15) is 4.79 Å². The second-order valence-corrected chi connectivity index (χ2v) is 5.27. The Morgan fingerprint density at radius 1 is 1.59 bits per heavy atom. The lowest BCUT2D eigenvalue weighted by Gasteiger charge is -2.38. The molecule has 0 bridgehead atoms. The van der Waals surface area contributed by atoms with E-state index in [1.807, 2.05) is 0 Å². The number of hydrogen-bond donors (Lipinski definition) is 2. The topological polar surface area (TPSA) is 62.2 Å². The van der Waals surface area contributed by atoms with Crippen LogP contribution in [-0.4, -0.2) is 22.6 Å². The first-order valence-electron chi connectivity index (χ1n) is 5.63. The summed E-state index contributed by atoms with van der Waals surface area (Å²) in [5.74, 6) is -0.463. The van der Waals surface area contributed by atoms with E-state index in [0.717, 1.165) is 6.54 Å². The Morgan fingerprint density at radius 3 is 2.82 bits per heavy atom. The predicted octanol–water partition coefficient (Wildman–Crippen LogP) is 3.04. The lowest BCUT2D eigenvalue weighted by atomic mass is 9.70. The molecule has 2 rings (SSSR count). The summed E-state index contributed by atoms with van der Waals surface area (Å²) in [4.78, 5) is 14.9. The molecule has 1 aromatic rings.